The molecular weight excluding hydrogens is 240 g/mol. The number of aliphatic hydroxyl groups excluding tert-OH is 1. The van der Waals surface area contributed by atoms with E-state index in [1.54, 1.807) is 18.3 Å². The summed E-state index contributed by atoms with van der Waals surface area (Å²) in [5.41, 5.74) is 0.377. The molecule has 0 bridgehead atoms. The second-order valence-corrected chi connectivity index (χ2v) is 4.67. The van der Waals surface area contributed by atoms with E-state index in [0.29, 0.717) is 12.1 Å². The average Bonchev–Trinajstić information content (AvgIpc) is 2.72. The van der Waals surface area contributed by atoms with Crippen LogP contribution in [0, 0.1) is 5.92 Å². The average molecular weight is 255 g/mol. The Balaban J connectivity index is 1.91. The standard InChI is InChI=1S/C12H15ClN2O2/c13-11-9(4-2-6-14-11)12(17)15-7-8-3-1-5-10(8)16/h2,4,6,8,10,16H,1,3,5,7H2,(H,15,17). The molecule has 2 atom stereocenters. The number of hydrogen-bond donors (Lipinski definition) is 2. The van der Waals surface area contributed by atoms with Crippen molar-refractivity contribution >= 4 is 17.5 Å². The fourth-order valence-electron chi connectivity index (χ4n) is 2.13. The van der Waals surface area contributed by atoms with Gasteiger partial charge in [-0.25, -0.2) is 4.98 Å². The number of nitrogens with one attached hydrogen (secondary N) is 1. The van der Waals surface area contributed by atoms with Gasteiger partial charge in [0.25, 0.3) is 5.91 Å². The number of rotatable bonds is 3. The van der Waals surface area contributed by atoms with Gasteiger partial charge in [0.1, 0.15) is 5.15 Å². The van der Waals surface area contributed by atoms with Gasteiger partial charge >= 0.3 is 0 Å². The highest BCUT2D eigenvalue weighted by atomic mass is 35.5. The Morgan fingerprint density at radius 3 is 3.06 bits per heavy atom. The van der Waals surface area contributed by atoms with Crippen LogP contribution < -0.4 is 5.32 Å². The van der Waals surface area contributed by atoms with Crippen LogP contribution in [0.15, 0.2) is 18.3 Å². The molecule has 0 radical (unpaired) electrons. The maximum atomic E-state index is 11.8. The normalized spacial score (nSPS) is 23.6. The van der Waals surface area contributed by atoms with Crippen molar-refractivity contribution in [2.75, 3.05) is 6.54 Å². The van der Waals surface area contributed by atoms with Gasteiger partial charge in [0, 0.05) is 18.7 Å². The minimum atomic E-state index is -0.292. The smallest absolute Gasteiger partial charge is 0.254 e. The van der Waals surface area contributed by atoms with Gasteiger partial charge in [-0.1, -0.05) is 18.0 Å². The molecule has 1 saturated carbocycles. The van der Waals surface area contributed by atoms with E-state index in [1.165, 1.54) is 0 Å². The molecule has 1 aliphatic carbocycles. The quantitative estimate of drug-likeness (QED) is 0.806. The fraction of sp³-hybridized carbons (Fsp3) is 0.500. The summed E-state index contributed by atoms with van der Waals surface area (Å²) in [5.74, 6) is -0.0726. The maximum absolute atomic E-state index is 11.8. The predicted octanol–water partition coefficient (Wildman–Crippen LogP) is 1.63. The van der Waals surface area contributed by atoms with Crippen molar-refractivity contribution < 1.29 is 9.90 Å². The van der Waals surface area contributed by atoms with Crippen LogP contribution in [0.5, 0.6) is 0 Å². The summed E-state index contributed by atoms with van der Waals surface area (Å²) >= 11 is 5.82. The van der Waals surface area contributed by atoms with E-state index in [1.807, 2.05) is 0 Å². The summed E-state index contributed by atoms with van der Waals surface area (Å²) in [7, 11) is 0. The number of carbonyl (C=O) groups is 1. The van der Waals surface area contributed by atoms with Crippen LogP contribution >= 0.6 is 11.6 Å². The van der Waals surface area contributed by atoms with Crippen LogP contribution in [0.3, 0.4) is 0 Å². The Bertz CT molecular complexity index is 411. The van der Waals surface area contributed by atoms with Gasteiger partial charge in [-0.05, 0) is 25.0 Å². The lowest BCUT2D eigenvalue weighted by Crippen LogP contribution is -2.32. The monoisotopic (exact) mass is 254 g/mol. The van der Waals surface area contributed by atoms with Crippen LogP contribution in [-0.4, -0.2) is 28.6 Å². The molecule has 0 aromatic carbocycles. The Hall–Kier alpha value is -1.13. The first-order valence-electron chi connectivity index (χ1n) is 5.75. The Kier molecular flexibility index (Phi) is 3.97. The molecule has 1 aromatic heterocycles. The second kappa shape index (κ2) is 5.47. The molecule has 0 saturated heterocycles. The molecule has 1 aliphatic rings. The molecule has 0 aliphatic heterocycles. The van der Waals surface area contributed by atoms with E-state index < -0.39 is 0 Å². The Labute approximate surface area is 105 Å². The third-order valence-electron chi connectivity index (χ3n) is 3.15. The molecule has 1 amide bonds. The summed E-state index contributed by atoms with van der Waals surface area (Å²) in [6, 6.07) is 3.31. The number of carbonyl (C=O) groups excluding carboxylic acids is 1. The summed E-state index contributed by atoms with van der Waals surface area (Å²) in [6.07, 6.45) is 4.06. The topological polar surface area (TPSA) is 62.2 Å². The number of aliphatic hydroxyl groups is 1. The Morgan fingerprint density at radius 1 is 1.59 bits per heavy atom. The van der Waals surface area contributed by atoms with E-state index in [-0.39, 0.29) is 23.1 Å². The van der Waals surface area contributed by atoms with Gasteiger partial charge in [-0.2, -0.15) is 0 Å². The third-order valence-corrected chi connectivity index (χ3v) is 3.45. The fourth-order valence-corrected chi connectivity index (χ4v) is 2.33. The SMILES string of the molecule is O=C(NCC1CCCC1O)c1cccnc1Cl. The molecule has 5 heteroatoms. The lowest BCUT2D eigenvalue weighted by Gasteiger charge is -2.15. The summed E-state index contributed by atoms with van der Waals surface area (Å²) in [4.78, 5) is 15.7. The molecule has 1 fully saturated rings. The van der Waals surface area contributed by atoms with Crippen molar-refractivity contribution in [2.45, 2.75) is 25.4 Å². The van der Waals surface area contributed by atoms with E-state index in [9.17, 15) is 9.90 Å². The maximum Gasteiger partial charge on any atom is 0.254 e. The van der Waals surface area contributed by atoms with Crippen LogP contribution in [0.25, 0.3) is 0 Å². The lowest BCUT2D eigenvalue weighted by molar-refractivity contribution is 0.0916. The molecule has 1 heterocycles. The van der Waals surface area contributed by atoms with Gasteiger partial charge in [0.15, 0.2) is 0 Å². The first-order valence-corrected chi connectivity index (χ1v) is 6.13. The number of hydrogen-bond acceptors (Lipinski definition) is 3. The third kappa shape index (κ3) is 2.96. The highest BCUT2D eigenvalue weighted by molar-refractivity contribution is 6.32. The van der Waals surface area contributed by atoms with Gasteiger partial charge in [-0.15, -0.1) is 0 Å². The van der Waals surface area contributed by atoms with E-state index in [0.717, 1.165) is 19.3 Å². The highest BCUT2D eigenvalue weighted by Gasteiger charge is 2.25. The van der Waals surface area contributed by atoms with E-state index in [2.05, 4.69) is 10.3 Å². The second-order valence-electron chi connectivity index (χ2n) is 4.31. The predicted molar refractivity (Wildman–Crippen MR) is 64.9 cm³/mol. The number of amides is 1. The van der Waals surface area contributed by atoms with Gasteiger partial charge in [-0.3, -0.25) is 4.79 Å². The zero-order valence-electron chi connectivity index (χ0n) is 9.40. The molecule has 0 spiro atoms. The summed E-state index contributed by atoms with van der Waals surface area (Å²) in [5, 5.41) is 12.6. The summed E-state index contributed by atoms with van der Waals surface area (Å²) < 4.78 is 0. The molecule has 17 heavy (non-hydrogen) atoms. The number of halogens is 1. The minimum Gasteiger partial charge on any atom is -0.393 e. The summed E-state index contributed by atoms with van der Waals surface area (Å²) in [6.45, 7) is 0.491. The molecule has 1 aromatic rings. The van der Waals surface area contributed by atoms with Crippen molar-refractivity contribution in [1.82, 2.24) is 10.3 Å². The highest BCUT2D eigenvalue weighted by Crippen LogP contribution is 2.24. The van der Waals surface area contributed by atoms with E-state index >= 15 is 0 Å². The lowest BCUT2D eigenvalue weighted by atomic mass is 10.1. The zero-order chi connectivity index (χ0) is 12.3. The minimum absolute atomic E-state index is 0.161. The van der Waals surface area contributed by atoms with Crippen molar-refractivity contribution in [3.63, 3.8) is 0 Å². The molecule has 92 valence electrons. The van der Waals surface area contributed by atoms with Gasteiger partial charge in [0.2, 0.25) is 0 Å². The molecule has 2 N–H and O–H groups in total. The van der Waals surface area contributed by atoms with Crippen LogP contribution in [0.4, 0.5) is 0 Å². The molecule has 2 unspecified atom stereocenters. The van der Waals surface area contributed by atoms with Crippen LogP contribution in [-0.2, 0) is 0 Å². The largest absolute Gasteiger partial charge is 0.393 e. The zero-order valence-corrected chi connectivity index (χ0v) is 10.2. The van der Waals surface area contributed by atoms with Gasteiger partial charge < -0.3 is 10.4 Å². The molecule has 4 nitrogen and oxygen atoms in total. The van der Waals surface area contributed by atoms with Crippen molar-refractivity contribution in [1.29, 1.82) is 0 Å². The van der Waals surface area contributed by atoms with Crippen molar-refractivity contribution in [3.05, 3.63) is 29.0 Å². The van der Waals surface area contributed by atoms with Crippen molar-refractivity contribution in [2.24, 2.45) is 5.92 Å². The number of aromatic nitrogens is 1. The van der Waals surface area contributed by atoms with Crippen molar-refractivity contribution in [3.8, 4) is 0 Å². The van der Waals surface area contributed by atoms with Gasteiger partial charge in [0.05, 0.1) is 11.7 Å². The van der Waals surface area contributed by atoms with Crippen LogP contribution in [0.2, 0.25) is 5.15 Å². The molecular formula is C12H15ClN2O2. The molecule has 2 rings (SSSR count). The Morgan fingerprint density at radius 2 is 2.41 bits per heavy atom. The first-order chi connectivity index (χ1) is 8.18. The van der Waals surface area contributed by atoms with E-state index in [4.69, 9.17) is 11.6 Å². The first kappa shape index (κ1) is 12.3. The number of nitrogens with zero attached hydrogens (tertiary/aromatic N) is 1. The number of pyridine rings is 1. The van der Waals surface area contributed by atoms with Crippen LogP contribution in [0.1, 0.15) is 29.6 Å².